The summed E-state index contributed by atoms with van der Waals surface area (Å²) >= 11 is 6.26. The molecule has 0 fully saturated rings. The summed E-state index contributed by atoms with van der Waals surface area (Å²) < 4.78 is 6.14. The number of aliphatic hydroxyl groups excluding tert-OH is 2. The van der Waals surface area contributed by atoms with Crippen molar-refractivity contribution in [1.29, 1.82) is 0 Å². The number of hydrogen-bond acceptors (Lipinski definition) is 5. The van der Waals surface area contributed by atoms with Gasteiger partial charge >= 0.3 is 5.97 Å². The molecule has 0 radical (unpaired) electrons. The number of carbonyl (C=O) groups is 1. The van der Waals surface area contributed by atoms with Crippen LogP contribution in [0.25, 0.3) is 5.69 Å². The van der Waals surface area contributed by atoms with Crippen molar-refractivity contribution in [3.8, 4) is 5.69 Å². The number of aromatic nitrogens is 2. The normalized spacial score (nSPS) is 13.7. The monoisotopic (exact) mass is 324 g/mol. The van der Waals surface area contributed by atoms with E-state index in [9.17, 15) is 15.0 Å². The maximum atomic E-state index is 11.6. The molecule has 0 saturated heterocycles. The number of halogens is 1. The second kappa shape index (κ2) is 6.91. The molecule has 2 rings (SSSR count). The Morgan fingerprint density at radius 2 is 2.00 bits per heavy atom. The molecule has 0 aliphatic heterocycles. The zero-order valence-corrected chi connectivity index (χ0v) is 13.0. The summed E-state index contributed by atoms with van der Waals surface area (Å²) in [7, 11) is 0. The number of esters is 1. The van der Waals surface area contributed by atoms with Crippen LogP contribution in [0.2, 0.25) is 5.15 Å². The van der Waals surface area contributed by atoms with Crippen LogP contribution in [-0.4, -0.2) is 38.7 Å². The molecular weight excluding hydrogens is 308 g/mol. The molecule has 118 valence electrons. The zero-order chi connectivity index (χ0) is 16.3. The summed E-state index contributed by atoms with van der Waals surface area (Å²) in [6.07, 6.45) is -3.23. The highest BCUT2D eigenvalue weighted by Crippen LogP contribution is 2.30. The zero-order valence-electron chi connectivity index (χ0n) is 12.2. The number of rotatable bonds is 5. The van der Waals surface area contributed by atoms with Crippen LogP contribution < -0.4 is 0 Å². The second-order valence-corrected chi connectivity index (χ2v) is 5.04. The number of para-hydroxylation sites is 1. The van der Waals surface area contributed by atoms with Gasteiger partial charge in [-0.25, -0.2) is 9.48 Å². The third-order valence-corrected chi connectivity index (χ3v) is 3.54. The Bertz CT molecular complexity index is 657. The van der Waals surface area contributed by atoms with Gasteiger partial charge in [-0.15, -0.1) is 0 Å². The number of ether oxygens (including phenoxy) is 1. The highest BCUT2D eigenvalue weighted by atomic mass is 35.5. The molecule has 1 aromatic heterocycles. The second-order valence-electron chi connectivity index (χ2n) is 4.68. The molecule has 0 aliphatic carbocycles. The minimum absolute atomic E-state index is 0.110. The first-order chi connectivity index (χ1) is 10.5. The van der Waals surface area contributed by atoms with E-state index >= 15 is 0 Å². The van der Waals surface area contributed by atoms with Gasteiger partial charge in [0.1, 0.15) is 11.3 Å². The molecule has 0 aliphatic rings. The lowest BCUT2D eigenvalue weighted by Gasteiger charge is -2.16. The summed E-state index contributed by atoms with van der Waals surface area (Å²) in [4.78, 5) is 11.6. The van der Waals surface area contributed by atoms with Crippen molar-refractivity contribution >= 4 is 17.6 Å². The SMILES string of the molecule is CCOC(=O)C(O)C(O)c1c(C)nn(-c2ccccc2)c1Cl. The van der Waals surface area contributed by atoms with E-state index in [1.54, 1.807) is 26.0 Å². The average Bonchev–Trinajstić information content (AvgIpc) is 2.82. The van der Waals surface area contributed by atoms with Gasteiger partial charge in [0.15, 0.2) is 6.10 Å². The Labute approximate surface area is 132 Å². The Morgan fingerprint density at radius 3 is 2.59 bits per heavy atom. The van der Waals surface area contributed by atoms with Gasteiger partial charge in [0, 0.05) is 5.56 Å². The first-order valence-electron chi connectivity index (χ1n) is 6.80. The standard InChI is InChI=1S/C15H17ClN2O4/c1-3-22-15(21)13(20)12(19)11-9(2)17-18(14(11)16)10-7-5-4-6-8-10/h4-8,12-13,19-20H,3H2,1-2H3. The van der Waals surface area contributed by atoms with Gasteiger partial charge < -0.3 is 14.9 Å². The highest BCUT2D eigenvalue weighted by molar-refractivity contribution is 6.30. The van der Waals surface area contributed by atoms with Crippen LogP contribution in [0.1, 0.15) is 24.3 Å². The topological polar surface area (TPSA) is 84.6 Å². The first-order valence-corrected chi connectivity index (χ1v) is 7.18. The Balaban J connectivity index is 2.36. The molecule has 22 heavy (non-hydrogen) atoms. The molecule has 0 bridgehead atoms. The van der Waals surface area contributed by atoms with Crippen LogP contribution in [0.4, 0.5) is 0 Å². The van der Waals surface area contributed by atoms with Crippen molar-refractivity contribution in [2.24, 2.45) is 0 Å². The minimum Gasteiger partial charge on any atom is -0.464 e. The molecule has 2 atom stereocenters. The third-order valence-electron chi connectivity index (χ3n) is 3.17. The van der Waals surface area contributed by atoms with E-state index in [1.807, 2.05) is 18.2 Å². The number of carbonyl (C=O) groups excluding carboxylic acids is 1. The van der Waals surface area contributed by atoms with Crippen LogP contribution >= 0.6 is 11.6 Å². The molecule has 2 aromatic rings. The van der Waals surface area contributed by atoms with Crippen LogP contribution in [0.15, 0.2) is 30.3 Å². The van der Waals surface area contributed by atoms with Crippen molar-refractivity contribution in [2.75, 3.05) is 6.61 Å². The lowest BCUT2D eigenvalue weighted by Crippen LogP contribution is -2.30. The average molecular weight is 325 g/mol. The maximum Gasteiger partial charge on any atom is 0.338 e. The van der Waals surface area contributed by atoms with Gasteiger partial charge in [-0.3, -0.25) is 0 Å². The molecular formula is C15H17ClN2O4. The smallest absolute Gasteiger partial charge is 0.338 e. The minimum atomic E-state index is -1.72. The maximum absolute atomic E-state index is 11.6. The van der Waals surface area contributed by atoms with Gasteiger partial charge in [-0.2, -0.15) is 5.10 Å². The van der Waals surface area contributed by atoms with E-state index in [4.69, 9.17) is 16.3 Å². The fourth-order valence-corrected chi connectivity index (χ4v) is 2.49. The Morgan fingerprint density at radius 1 is 1.36 bits per heavy atom. The van der Waals surface area contributed by atoms with Crippen LogP contribution in [0, 0.1) is 6.92 Å². The first kappa shape index (κ1) is 16.5. The van der Waals surface area contributed by atoms with Crippen molar-refractivity contribution in [3.63, 3.8) is 0 Å². The highest BCUT2D eigenvalue weighted by Gasteiger charge is 2.32. The van der Waals surface area contributed by atoms with Gasteiger partial charge in [0.25, 0.3) is 0 Å². The van der Waals surface area contributed by atoms with E-state index in [1.165, 1.54) is 4.68 Å². The number of hydrogen-bond donors (Lipinski definition) is 2. The molecule has 0 spiro atoms. The largest absolute Gasteiger partial charge is 0.464 e. The summed E-state index contributed by atoms with van der Waals surface area (Å²) in [6.45, 7) is 3.36. The van der Waals surface area contributed by atoms with E-state index < -0.39 is 18.2 Å². The molecule has 0 amide bonds. The summed E-state index contributed by atoms with van der Waals surface area (Å²) in [6, 6.07) is 9.11. The molecule has 0 saturated carbocycles. The Kier molecular flexibility index (Phi) is 5.18. The fourth-order valence-electron chi connectivity index (χ4n) is 2.10. The number of aryl methyl sites for hydroxylation is 1. The molecule has 2 unspecified atom stereocenters. The van der Waals surface area contributed by atoms with E-state index in [0.29, 0.717) is 11.4 Å². The predicted octanol–water partition coefficient (Wildman–Crippen LogP) is 1.79. The van der Waals surface area contributed by atoms with E-state index in [0.717, 1.165) is 0 Å². The quantitative estimate of drug-likeness (QED) is 0.819. The lowest BCUT2D eigenvalue weighted by molar-refractivity contribution is -0.159. The number of benzene rings is 1. The van der Waals surface area contributed by atoms with Crippen LogP contribution in [0.3, 0.4) is 0 Å². The third kappa shape index (κ3) is 3.14. The summed E-state index contributed by atoms with van der Waals surface area (Å²) in [5, 5.41) is 24.5. The molecule has 1 heterocycles. The summed E-state index contributed by atoms with van der Waals surface area (Å²) in [5.74, 6) is -0.905. The molecule has 2 N–H and O–H groups in total. The molecule has 7 heteroatoms. The van der Waals surface area contributed by atoms with Gasteiger partial charge in [-0.1, -0.05) is 29.8 Å². The van der Waals surface area contributed by atoms with Crippen LogP contribution in [0.5, 0.6) is 0 Å². The predicted molar refractivity (Wildman–Crippen MR) is 80.9 cm³/mol. The van der Waals surface area contributed by atoms with Crippen molar-refractivity contribution in [1.82, 2.24) is 9.78 Å². The van der Waals surface area contributed by atoms with E-state index in [-0.39, 0.29) is 17.3 Å². The van der Waals surface area contributed by atoms with Gasteiger partial charge in [0.05, 0.1) is 18.0 Å². The fraction of sp³-hybridized carbons (Fsp3) is 0.333. The van der Waals surface area contributed by atoms with Crippen LogP contribution in [-0.2, 0) is 9.53 Å². The Hall–Kier alpha value is -1.89. The van der Waals surface area contributed by atoms with Gasteiger partial charge in [0.2, 0.25) is 0 Å². The van der Waals surface area contributed by atoms with Crippen molar-refractivity contribution < 1.29 is 19.7 Å². The number of aliphatic hydroxyl groups is 2. The lowest BCUT2D eigenvalue weighted by atomic mass is 10.1. The molecule has 1 aromatic carbocycles. The van der Waals surface area contributed by atoms with E-state index in [2.05, 4.69) is 5.10 Å². The molecule has 6 nitrogen and oxygen atoms in total. The number of nitrogens with zero attached hydrogens (tertiary/aromatic N) is 2. The summed E-state index contributed by atoms with van der Waals surface area (Å²) in [5.41, 5.74) is 1.33. The van der Waals surface area contributed by atoms with Gasteiger partial charge in [-0.05, 0) is 26.0 Å². The van der Waals surface area contributed by atoms with Crippen molar-refractivity contribution in [3.05, 3.63) is 46.7 Å². The van der Waals surface area contributed by atoms with Crippen molar-refractivity contribution in [2.45, 2.75) is 26.1 Å².